The van der Waals surface area contributed by atoms with Crippen LogP contribution in [0, 0.1) is 16.0 Å². The van der Waals surface area contributed by atoms with Gasteiger partial charge in [-0.3, -0.25) is 10.1 Å². The molecule has 0 spiro atoms. The van der Waals surface area contributed by atoms with Crippen LogP contribution in [-0.4, -0.2) is 26.2 Å². The predicted molar refractivity (Wildman–Crippen MR) is 80.7 cm³/mol. The Hall–Kier alpha value is -1.83. The van der Waals surface area contributed by atoms with E-state index in [4.69, 9.17) is 10.9 Å². The van der Waals surface area contributed by atoms with Gasteiger partial charge in [0, 0.05) is 11.3 Å². The summed E-state index contributed by atoms with van der Waals surface area (Å²) in [4.78, 5) is 14.6. The SMILES string of the molecule is CC1CCCC(Sc2ccc([N+](=O)[O-])c(/C(N)=N/O)n2)C1. The normalized spacial score (nSPS) is 23.0. The minimum atomic E-state index is -0.586. The summed E-state index contributed by atoms with van der Waals surface area (Å²) < 4.78 is 0. The van der Waals surface area contributed by atoms with Crippen molar-refractivity contribution in [2.24, 2.45) is 16.8 Å². The Morgan fingerprint density at radius 1 is 1.57 bits per heavy atom. The third-order valence-corrected chi connectivity index (χ3v) is 4.80. The number of nitrogens with two attached hydrogens (primary N) is 1. The molecule has 1 aromatic heterocycles. The largest absolute Gasteiger partial charge is 0.409 e. The van der Waals surface area contributed by atoms with Gasteiger partial charge in [-0.15, -0.1) is 11.8 Å². The molecule has 7 nitrogen and oxygen atoms in total. The van der Waals surface area contributed by atoms with Gasteiger partial charge in [-0.1, -0.05) is 24.9 Å². The predicted octanol–water partition coefficient (Wildman–Crippen LogP) is 2.76. The summed E-state index contributed by atoms with van der Waals surface area (Å²) in [5, 5.41) is 23.6. The fraction of sp³-hybridized carbons (Fsp3) is 0.538. The third-order valence-electron chi connectivity index (χ3n) is 3.57. The molecule has 0 radical (unpaired) electrons. The quantitative estimate of drug-likeness (QED) is 0.290. The van der Waals surface area contributed by atoms with E-state index in [1.807, 2.05) is 0 Å². The molecule has 1 aliphatic rings. The average molecular weight is 310 g/mol. The van der Waals surface area contributed by atoms with Gasteiger partial charge in [0.25, 0.3) is 5.69 Å². The molecule has 2 unspecified atom stereocenters. The minimum Gasteiger partial charge on any atom is -0.409 e. The summed E-state index contributed by atoms with van der Waals surface area (Å²) in [5.74, 6) is 0.346. The van der Waals surface area contributed by atoms with Crippen LogP contribution < -0.4 is 5.73 Å². The summed E-state index contributed by atoms with van der Waals surface area (Å²) in [5.41, 5.74) is 5.14. The topological polar surface area (TPSA) is 115 Å². The van der Waals surface area contributed by atoms with Crippen molar-refractivity contribution in [3.63, 3.8) is 0 Å². The Balaban J connectivity index is 2.23. The Kier molecular flexibility index (Phi) is 5.00. The number of amidine groups is 1. The van der Waals surface area contributed by atoms with E-state index in [0.29, 0.717) is 16.2 Å². The maximum Gasteiger partial charge on any atom is 0.298 e. The van der Waals surface area contributed by atoms with E-state index >= 15 is 0 Å². The first kappa shape index (κ1) is 15.6. The fourth-order valence-corrected chi connectivity index (χ4v) is 3.88. The molecule has 8 heteroatoms. The second-order valence-electron chi connectivity index (χ2n) is 5.27. The van der Waals surface area contributed by atoms with Crippen LogP contribution in [0.4, 0.5) is 5.69 Å². The zero-order chi connectivity index (χ0) is 15.4. The van der Waals surface area contributed by atoms with Crippen LogP contribution in [0.2, 0.25) is 0 Å². The maximum absolute atomic E-state index is 11.0. The van der Waals surface area contributed by atoms with Gasteiger partial charge in [0.2, 0.25) is 0 Å². The average Bonchev–Trinajstić information content (AvgIpc) is 2.46. The summed E-state index contributed by atoms with van der Waals surface area (Å²) in [6, 6.07) is 2.98. The molecule has 2 rings (SSSR count). The molecule has 0 aromatic carbocycles. The van der Waals surface area contributed by atoms with Gasteiger partial charge in [-0.2, -0.15) is 0 Å². The van der Waals surface area contributed by atoms with Crippen molar-refractivity contribution in [3.05, 3.63) is 27.9 Å². The van der Waals surface area contributed by atoms with Crippen molar-refractivity contribution in [2.75, 3.05) is 0 Å². The molecule has 2 atom stereocenters. The van der Waals surface area contributed by atoms with Gasteiger partial charge >= 0.3 is 0 Å². The van der Waals surface area contributed by atoms with Crippen molar-refractivity contribution in [3.8, 4) is 0 Å². The van der Waals surface area contributed by atoms with Crippen molar-refractivity contribution < 1.29 is 10.1 Å². The van der Waals surface area contributed by atoms with Gasteiger partial charge in [-0.05, 0) is 24.8 Å². The van der Waals surface area contributed by atoms with Crippen LogP contribution in [0.1, 0.15) is 38.3 Å². The first-order chi connectivity index (χ1) is 10.0. The zero-order valence-electron chi connectivity index (χ0n) is 11.7. The number of rotatable bonds is 4. The molecule has 1 aromatic rings. The van der Waals surface area contributed by atoms with E-state index in [1.54, 1.807) is 17.8 Å². The monoisotopic (exact) mass is 310 g/mol. The van der Waals surface area contributed by atoms with Crippen LogP contribution in [0.15, 0.2) is 22.3 Å². The Labute approximate surface area is 126 Å². The number of hydrogen-bond donors (Lipinski definition) is 2. The van der Waals surface area contributed by atoms with Crippen LogP contribution in [0.25, 0.3) is 0 Å². The molecule has 0 aliphatic heterocycles. The van der Waals surface area contributed by atoms with E-state index < -0.39 is 4.92 Å². The number of nitro groups is 1. The van der Waals surface area contributed by atoms with Crippen molar-refractivity contribution in [2.45, 2.75) is 42.9 Å². The highest BCUT2D eigenvalue weighted by Gasteiger charge is 2.23. The number of thioether (sulfide) groups is 1. The molecule has 3 N–H and O–H groups in total. The highest BCUT2D eigenvalue weighted by Crippen LogP contribution is 2.36. The Morgan fingerprint density at radius 2 is 2.33 bits per heavy atom. The first-order valence-electron chi connectivity index (χ1n) is 6.81. The highest BCUT2D eigenvalue weighted by molar-refractivity contribution is 7.99. The molecule has 1 saturated carbocycles. The first-order valence-corrected chi connectivity index (χ1v) is 7.69. The van der Waals surface area contributed by atoms with Crippen LogP contribution in [-0.2, 0) is 0 Å². The third kappa shape index (κ3) is 3.84. The second kappa shape index (κ2) is 6.75. The Morgan fingerprint density at radius 3 is 2.95 bits per heavy atom. The number of nitrogens with zero attached hydrogens (tertiary/aromatic N) is 3. The number of oxime groups is 1. The summed E-state index contributed by atoms with van der Waals surface area (Å²) >= 11 is 1.60. The second-order valence-corrected chi connectivity index (χ2v) is 6.59. The van der Waals surface area contributed by atoms with Crippen molar-refractivity contribution in [1.29, 1.82) is 0 Å². The van der Waals surface area contributed by atoms with Gasteiger partial charge in [0.15, 0.2) is 11.5 Å². The van der Waals surface area contributed by atoms with E-state index in [2.05, 4.69) is 17.1 Å². The molecule has 1 fully saturated rings. The minimum absolute atomic E-state index is 0.0867. The standard InChI is InChI=1S/C13H18N4O3S/c1-8-3-2-4-9(7-8)21-11-6-5-10(17(19)20)12(15-11)13(14)16-18/h5-6,8-9,18H,2-4,7H2,1H3,(H2,14,16). The van der Waals surface area contributed by atoms with Crippen molar-refractivity contribution >= 4 is 23.3 Å². The lowest BCUT2D eigenvalue weighted by atomic mass is 9.91. The number of aromatic nitrogens is 1. The number of pyridine rings is 1. The van der Waals surface area contributed by atoms with Crippen LogP contribution in [0.5, 0.6) is 0 Å². The van der Waals surface area contributed by atoms with Gasteiger partial charge in [0.05, 0.1) is 9.95 Å². The van der Waals surface area contributed by atoms with Crippen LogP contribution in [0.3, 0.4) is 0 Å². The van der Waals surface area contributed by atoms with Crippen molar-refractivity contribution in [1.82, 2.24) is 4.98 Å². The molecule has 0 amide bonds. The summed E-state index contributed by atoms with van der Waals surface area (Å²) in [7, 11) is 0. The van der Waals surface area contributed by atoms with Crippen LogP contribution >= 0.6 is 11.8 Å². The summed E-state index contributed by atoms with van der Waals surface area (Å²) in [6.07, 6.45) is 4.67. The van der Waals surface area contributed by atoms with Gasteiger partial charge in [-0.25, -0.2) is 4.98 Å². The lowest BCUT2D eigenvalue weighted by molar-refractivity contribution is -0.385. The van der Waals surface area contributed by atoms with E-state index in [0.717, 1.165) is 12.8 Å². The molecule has 0 saturated heterocycles. The molecular formula is C13H18N4O3S. The Bertz CT molecular complexity index is 564. The number of hydrogen-bond acceptors (Lipinski definition) is 6. The highest BCUT2D eigenvalue weighted by atomic mass is 32.2. The van der Waals surface area contributed by atoms with E-state index in [9.17, 15) is 10.1 Å². The molecular weight excluding hydrogens is 292 g/mol. The zero-order valence-corrected chi connectivity index (χ0v) is 12.5. The lowest BCUT2D eigenvalue weighted by Gasteiger charge is -2.25. The van der Waals surface area contributed by atoms with E-state index in [1.165, 1.54) is 18.9 Å². The molecule has 0 bridgehead atoms. The molecule has 1 aliphatic carbocycles. The molecule has 21 heavy (non-hydrogen) atoms. The molecule has 1 heterocycles. The summed E-state index contributed by atoms with van der Waals surface area (Å²) in [6.45, 7) is 2.23. The van der Waals surface area contributed by atoms with Gasteiger partial charge < -0.3 is 10.9 Å². The van der Waals surface area contributed by atoms with E-state index in [-0.39, 0.29) is 17.2 Å². The smallest absolute Gasteiger partial charge is 0.298 e. The fourth-order valence-electron chi connectivity index (χ4n) is 2.54. The lowest BCUT2D eigenvalue weighted by Crippen LogP contribution is -2.18. The maximum atomic E-state index is 11.0. The van der Waals surface area contributed by atoms with Gasteiger partial charge in [0.1, 0.15) is 0 Å². The molecule has 114 valence electrons.